The molecule has 0 saturated carbocycles. The highest BCUT2D eigenvalue weighted by Crippen LogP contribution is 2.28. The average Bonchev–Trinajstić information content (AvgIpc) is 3.57. The molecule has 0 bridgehead atoms. The Kier molecular flexibility index (Phi) is 8.11. The molecule has 0 unspecified atom stereocenters. The number of aromatic nitrogens is 2. The Labute approximate surface area is 209 Å². The molecule has 2 aromatic heterocycles. The molecule has 1 aliphatic heterocycles. The van der Waals surface area contributed by atoms with E-state index in [-0.39, 0.29) is 23.3 Å². The quantitative estimate of drug-likeness (QED) is 0.198. The van der Waals surface area contributed by atoms with Gasteiger partial charge in [-0.2, -0.15) is 0 Å². The number of nitro benzene ring substituents is 1. The van der Waals surface area contributed by atoms with Crippen LogP contribution in [-0.2, 0) is 16.1 Å². The van der Waals surface area contributed by atoms with Crippen molar-refractivity contribution < 1.29 is 18.9 Å². The third-order valence-electron chi connectivity index (χ3n) is 5.15. The number of nitro groups is 1. The summed E-state index contributed by atoms with van der Waals surface area (Å²) in [7, 11) is 0. The molecule has 13 heteroatoms. The van der Waals surface area contributed by atoms with Crippen LogP contribution >= 0.6 is 23.1 Å². The molecule has 3 heterocycles. The Morgan fingerprint density at radius 2 is 1.94 bits per heavy atom. The number of hydrogen-bond acceptors (Lipinski definition) is 10. The van der Waals surface area contributed by atoms with Gasteiger partial charge in [-0.3, -0.25) is 19.7 Å². The molecular formula is C22H22N6O5S2. The number of thioether (sulfide) groups is 1. The molecule has 0 atom stereocenters. The van der Waals surface area contributed by atoms with Crippen LogP contribution in [0.15, 0.2) is 57.5 Å². The molecule has 4 rings (SSSR count). The van der Waals surface area contributed by atoms with Crippen molar-refractivity contribution in [3.63, 3.8) is 0 Å². The lowest BCUT2D eigenvalue weighted by molar-refractivity contribution is -0.384. The predicted octanol–water partition coefficient (Wildman–Crippen LogP) is 2.81. The van der Waals surface area contributed by atoms with E-state index in [9.17, 15) is 19.7 Å². The Bertz CT molecular complexity index is 1190. The fourth-order valence-corrected chi connectivity index (χ4v) is 4.99. The van der Waals surface area contributed by atoms with Gasteiger partial charge in [0.15, 0.2) is 4.34 Å². The van der Waals surface area contributed by atoms with Gasteiger partial charge in [-0.25, -0.2) is 0 Å². The minimum atomic E-state index is -0.460. The van der Waals surface area contributed by atoms with Crippen LogP contribution in [0.5, 0.6) is 0 Å². The molecule has 1 aromatic carbocycles. The van der Waals surface area contributed by atoms with Crippen molar-refractivity contribution in [3.8, 4) is 0 Å². The van der Waals surface area contributed by atoms with Crippen LogP contribution in [0.1, 0.15) is 11.3 Å². The van der Waals surface area contributed by atoms with E-state index in [1.165, 1.54) is 41.3 Å². The minimum absolute atomic E-state index is 0.0103. The fourth-order valence-electron chi connectivity index (χ4n) is 3.26. The number of anilines is 1. The molecule has 1 fully saturated rings. The van der Waals surface area contributed by atoms with Gasteiger partial charge in [-0.05, 0) is 35.9 Å². The maximum absolute atomic E-state index is 12.5. The number of benzene rings is 1. The van der Waals surface area contributed by atoms with Crippen molar-refractivity contribution in [2.45, 2.75) is 10.9 Å². The van der Waals surface area contributed by atoms with Crippen molar-refractivity contribution in [1.29, 1.82) is 0 Å². The molecule has 11 nitrogen and oxygen atoms in total. The topological polar surface area (TPSA) is 135 Å². The Hall–Kier alpha value is -3.71. The number of non-ortho nitro benzene ring substituents is 1. The lowest BCUT2D eigenvalue weighted by Gasteiger charge is -2.33. The summed E-state index contributed by atoms with van der Waals surface area (Å²) in [4.78, 5) is 38.6. The summed E-state index contributed by atoms with van der Waals surface area (Å²) in [6.07, 6.45) is 4.69. The molecule has 3 aromatic rings. The molecule has 0 spiro atoms. The molecule has 182 valence electrons. The number of carbonyl (C=O) groups is 2. The van der Waals surface area contributed by atoms with Gasteiger partial charge in [0, 0.05) is 44.4 Å². The largest absolute Gasteiger partial charge is 0.467 e. The van der Waals surface area contributed by atoms with Crippen molar-refractivity contribution >= 4 is 51.8 Å². The Balaban J connectivity index is 1.20. The summed E-state index contributed by atoms with van der Waals surface area (Å²) in [5.74, 6) is 0.703. The molecule has 35 heavy (non-hydrogen) atoms. The highest BCUT2D eigenvalue weighted by molar-refractivity contribution is 8.01. The summed E-state index contributed by atoms with van der Waals surface area (Å²) < 4.78 is 5.89. The second kappa shape index (κ2) is 11.6. The van der Waals surface area contributed by atoms with E-state index in [2.05, 4.69) is 20.4 Å². The summed E-state index contributed by atoms with van der Waals surface area (Å²) >= 11 is 2.75. The Morgan fingerprint density at radius 1 is 1.17 bits per heavy atom. The van der Waals surface area contributed by atoms with E-state index in [0.29, 0.717) is 42.8 Å². The van der Waals surface area contributed by atoms with Gasteiger partial charge in [0.25, 0.3) is 5.69 Å². The first-order valence-corrected chi connectivity index (χ1v) is 12.5. The van der Waals surface area contributed by atoms with Crippen LogP contribution in [0.25, 0.3) is 6.08 Å². The number of nitrogens with one attached hydrogen (secondary N) is 1. The van der Waals surface area contributed by atoms with E-state index < -0.39 is 4.92 Å². The van der Waals surface area contributed by atoms with E-state index in [0.717, 1.165) is 10.7 Å². The SMILES string of the molecule is O=C(CSc1nnc(N2CCN(C(=O)/C=C/c3ccc([N+](=O)[O-])cc3)CC2)s1)NCc1ccco1. The smallest absolute Gasteiger partial charge is 0.269 e. The first-order valence-electron chi connectivity index (χ1n) is 10.7. The number of hydrogen-bond donors (Lipinski definition) is 1. The number of piperazine rings is 1. The van der Waals surface area contributed by atoms with Crippen molar-refractivity contribution in [3.05, 3.63) is 70.2 Å². The first kappa shape index (κ1) is 24.4. The third-order valence-corrected chi connectivity index (χ3v) is 7.26. The van der Waals surface area contributed by atoms with E-state index in [1.54, 1.807) is 41.5 Å². The van der Waals surface area contributed by atoms with Crippen LogP contribution in [0.4, 0.5) is 10.8 Å². The molecular weight excluding hydrogens is 492 g/mol. The van der Waals surface area contributed by atoms with Crippen molar-refractivity contribution in [1.82, 2.24) is 20.4 Å². The van der Waals surface area contributed by atoms with Crippen LogP contribution in [-0.4, -0.2) is 63.8 Å². The molecule has 0 aliphatic carbocycles. The Morgan fingerprint density at radius 3 is 2.63 bits per heavy atom. The summed E-state index contributed by atoms with van der Waals surface area (Å²) in [6.45, 7) is 2.68. The van der Waals surface area contributed by atoms with Crippen LogP contribution < -0.4 is 10.2 Å². The molecule has 1 saturated heterocycles. The third kappa shape index (κ3) is 6.90. The van der Waals surface area contributed by atoms with Crippen LogP contribution in [0, 0.1) is 10.1 Å². The van der Waals surface area contributed by atoms with Crippen molar-refractivity contribution in [2.24, 2.45) is 0 Å². The lowest BCUT2D eigenvalue weighted by Crippen LogP contribution is -2.48. The maximum Gasteiger partial charge on any atom is 0.269 e. The van der Waals surface area contributed by atoms with E-state index in [1.807, 2.05) is 0 Å². The standard InChI is InChI=1S/C22H22N6O5S2/c29-19(23-14-18-2-1-13-33-18)15-34-22-25-24-21(35-22)27-11-9-26(10-12-27)20(30)8-5-16-3-6-17(7-4-16)28(31)32/h1-8,13H,9-12,14-15H2,(H,23,29)/b8-5+. The van der Waals surface area contributed by atoms with Crippen LogP contribution in [0.2, 0.25) is 0 Å². The number of nitrogens with zero attached hydrogens (tertiary/aromatic N) is 5. The zero-order valence-corrected chi connectivity index (χ0v) is 20.2. The monoisotopic (exact) mass is 514 g/mol. The second-order valence-electron chi connectivity index (χ2n) is 7.49. The zero-order valence-electron chi connectivity index (χ0n) is 18.5. The number of furan rings is 1. The van der Waals surface area contributed by atoms with Gasteiger partial charge in [0.05, 0.1) is 23.5 Å². The van der Waals surface area contributed by atoms with Gasteiger partial charge in [-0.15, -0.1) is 10.2 Å². The normalized spacial score (nSPS) is 13.8. The molecule has 2 amide bonds. The lowest BCUT2D eigenvalue weighted by atomic mass is 10.2. The predicted molar refractivity (Wildman–Crippen MR) is 132 cm³/mol. The molecule has 1 aliphatic rings. The van der Waals surface area contributed by atoms with Gasteiger partial charge >= 0.3 is 0 Å². The summed E-state index contributed by atoms with van der Waals surface area (Å²) in [6, 6.07) is 9.59. The van der Waals surface area contributed by atoms with Gasteiger partial charge in [0.1, 0.15) is 5.76 Å². The van der Waals surface area contributed by atoms with Crippen LogP contribution in [0.3, 0.4) is 0 Å². The van der Waals surface area contributed by atoms with Gasteiger partial charge in [0.2, 0.25) is 16.9 Å². The van der Waals surface area contributed by atoms with E-state index in [4.69, 9.17) is 4.42 Å². The summed E-state index contributed by atoms with van der Waals surface area (Å²) in [5.41, 5.74) is 0.729. The highest BCUT2D eigenvalue weighted by Gasteiger charge is 2.22. The highest BCUT2D eigenvalue weighted by atomic mass is 32.2. The fraction of sp³-hybridized carbons (Fsp3) is 0.273. The van der Waals surface area contributed by atoms with Gasteiger partial charge < -0.3 is 19.5 Å². The van der Waals surface area contributed by atoms with Gasteiger partial charge in [-0.1, -0.05) is 23.1 Å². The molecule has 0 radical (unpaired) electrons. The average molecular weight is 515 g/mol. The maximum atomic E-state index is 12.5. The number of amides is 2. The van der Waals surface area contributed by atoms with Crippen molar-refractivity contribution in [2.75, 3.05) is 36.8 Å². The number of carbonyl (C=O) groups excluding carboxylic acids is 2. The van der Waals surface area contributed by atoms with E-state index >= 15 is 0 Å². The second-order valence-corrected chi connectivity index (χ2v) is 9.67. The zero-order chi connectivity index (χ0) is 24.6. The summed E-state index contributed by atoms with van der Waals surface area (Å²) in [5, 5.41) is 22.7. The first-order chi connectivity index (χ1) is 17.0. The molecule has 1 N–H and O–H groups in total. The minimum Gasteiger partial charge on any atom is -0.467 e. The number of rotatable bonds is 9.